The first kappa shape index (κ1) is 19.3. The lowest BCUT2D eigenvalue weighted by Crippen LogP contribution is -2.42. The maximum absolute atomic E-state index is 13.0. The smallest absolute Gasteiger partial charge is 0.332 e. The number of amides is 1. The van der Waals surface area contributed by atoms with E-state index in [-0.39, 0.29) is 18.0 Å². The topological polar surface area (TPSA) is 86.0 Å². The maximum atomic E-state index is 13.0. The van der Waals surface area contributed by atoms with E-state index < -0.39 is 5.69 Å². The van der Waals surface area contributed by atoms with Crippen LogP contribution in [0.15, 0.2) is 27.9 Å². The van der Waals surface area contributed by atoms with Crippen LogP contribution in [-0.2, 0) is 17.9 Å². The Morgan fingerprint density at radius 3 is 2.78 bits per heavy atom. The molecule has 7 nitrogen and oxygen atoms in total. The lowest BCUT2D eigenvalue weighted by atomic mass is 10.1. The second kappa shape index (κ2) is 8.04. The Hall–Kier alpha value is -2.48. The normalized spacial score (nSPS) is 11.6. The van der Waals surface area contributed by atoms with Crippen LogP contribution < -0.4 is 16.6 Å². The van der Waals surface area contributed by atoms with Crippen LogP contribution in [0.3, 0.4) is 0 Å². The number of carbonyl (C=O) groups excluding carboxylic acids is 1. The zero-order valence-electron chi connectivity index (χ0n) is 15.8. The molecule has 0 aliphatic rings. The summed E-state index contributed by atoms with van der Waals surface area (Å²) in [6.45, 7) is 6.86. The molecule has 0 atom stereocenters. The predicted molar refractivity (Wildman–Crippen MR) is 108 cm³/mol. The number of aromatic nitrogens is 3. The van der Waals surface area contributed by atoms with Gasteiger partial charge < -0.3 is 5.32 Å². The fourth-order valence-corrected chi connectivity index (χ4v) is 4.15. The molecule has 0 unspecified atom stereocenters. The molecule has 3 aromatic heterocycles. The molecule has 1 amide bonds. The van der Waals surface area contributed by atoms with Crippen molar-refractivity contribution in [2.24, 2.45) is 5.92 Å². The van der Waals surface area contributed by atoms with Gasteiger partial charge >= 0.3 is 5.69 Å². The van der Waals surface area contributed by atoms with E-state index in [4.69, 9.17) is 0 Å². The minimum absolute atomic E-state index is 0.113. The minimum Gasteiger partial charge on any atom is -0.355 e. The highest BCUT2D eigenvalue weighted by atomic mass is 32.1. The molecule has 3 rings (SSSR count). The summed E-state index contributed by atoms with van der Waals surface area (Å²) in [6, 6.07) is 3.60. The molecule has 144 valence electrons. The highest BCUT2D eigenvalue weighted by molar-refractivity contribution is 7.25. The van der Waals surface area contributed by atoms with Gasteiger partial charge in [-0.2, -0.15) is 0 Å². The summed E-state index contributed by atoms with van der Waals surface area (Å²) in [5.74, 6) is 0.252. The van der Waals surface area contributed by atoms with Gasteiger partial charge in [0.25, 0.3) is 5.56 Å². The van der Waals surface area contributed by atoms with E-state index in [0.29, 0.717) is 40.5 Å². The average Bonchev–Trinajstić information content (AvgIpc) is 3.01. The monoisotopic (exact) mass is 388 g/mol. The molecule has 0 aliphatic carbocycles. The van der Waals surface area contributed by atoms with Crippen LogP contribution in [0.25, 0.3) is 20.4 Å². The van der Waals surface area contributed by atoms with Gasteiger partial charge in [0.1, 0.15) is 16.1 Å². The van der Waals surface area contributed by atoms with Crippen molar-refractivity contribution < 1.29 is 4.79 Å². The minimum atomic E-state index is -0.447. The van der Waals surface area contributed by atoms with Gasteiger partial charge in [-0.05, 0) is 30.9 Å². The number of hydrogen-bond acceptors (Lipinski definition) is 5. The molecular weight excluding hydrogens is 364 g/mol. The van der Waals surface area contributed by atoms with E-state index in [0.717, 1.165) is 11.8 Å². The zero-order chi connectivity index (χ0) is 19.6. The van der Waals surface area contributed by atoms with Crippen molar-refractivity contribution >= 4 is 37.7 Å². The summed E-state index contributed by atoms with van der Waals surface area (Å²) < 4.78 is 3.10. The number of nitrogens with zero attached hydrogens (tertiary/aromatic N) is 3. The van der Waals surface area contributed by atoms with E-state index in [2.05, 4.69) is 24.1 Å². The second-order valence-corrected chi connectivity index (χ2v) is 7.99. The van der Waals surface area contributed by atoms with Crippen molar-refractivity contribution in [1.82, 2.24) is 19.4 Å². The van der Waals surface area contributed by atoms with Crippen LogP contribution in [0.5, 0.6) is 0 Å². The SMILES string of the molecule is CCCn1c(=O)c2sc3ncccc3c2n(CC(=O)NCCC(C)C)c1=O. The van der Waals surface area contributed by atoms with Crippen molar-refractivity contribution in [3.8, 4) is 0 Å². The summed E-state index contributed by atoms with van der Waals surface area (Å²) in [4.78, 5) is 43.2. The summed E-state index contributed by atoms with van der Waals surface area (Å²) in [5.41, 5.74) is -0.252. The van der Waals surface area contributed by atoms with Crippen molar-refractivity contribution in [3.63, 3.8) is 0 Å². The van der Waals surface area contributed by atoms with Gasteiger partial charge in [0.05, 0.1) is 5.52 Å². The van der Waals surface area contributed by atoms with Crippen molar-refractivity contribution in [3.05, 3.63) is 39.2 Å². The quantitative estimate of drug-likeness (QED) is 0.673. The molecule has 27 heavy (non-hydrogen) atoms. The average molecular weight is 388 g/mol. The molecule has 0 radical (unpaired) electrons. The van der Waals surface area contributed by atoms with Gasteiger partial charge in [-0.25, -0.2) is 9.78 Å². The molecule has 0 fully saturated rings. The summed E-state index contributed by atoms with van der Waals surface area (Å²) in [6.07, 6.45) is 3.18. The molecule has 3 heterocycles. The highest BCUT2D eigenvalue weighted by Crippen LogP contribution is 2.29. The number of thiophene rings is 1. The largest absolute Gasteiger partial charge is 0.355 e. The molecule has 0 saturated heterocycles. The van der Waals surface area contributed by atoms with Crippen molar-refractivity contribution in [1.29, 1.82) is 0 Å². The number of rotatable bonds is 7. The van der Waals surface area contributed by atoms with Gasteiger partial charge in [-0.15, -0.1) is 11.3 Å². The molecule has 0 bridgehead atoms. The Labute approximate surface area is 160 Å². The number of nitrogens with one attached hydrogen (secondary N) is 1. The van der Waals surface area contributed by atoms with Gasteiger partial charge in [0.15, 0.2) is 0 Å². The van der Waals surface area contributed by atoms with Gasteiger partial charge in [-0.3, -0.25) is 18.7 Å². The molecule has 1 N–H and O–H groups in total. The standard InChI is InChI=1S/C19H24N4O3S/c1-4-10-22-18(25)16-15(13-6-5-8-21-17(13)27-16)23(19(22)26)11-14(24)20-9-7-12(2)3/h5-6,8,12H,4,7,9-11H2,1-3H3,(H,20,24). The summed E-state index contributed by atoms with van der Waals surface area (Å²) in [7, 11) is 0. The Balaban J connectivity index is 2.13. The Morgan fingerprint density at radius 1 is 1.30 bits per heavy atom. The highest BCUT2D eigenvalue weighted by Gasteiger charge is 2.19. The fraction of sp³-hybridized carbons (Fsp3) is 0.474. The molecule has 0 aromatic carbocycles. The molecule has 0 aliphatic heterocycles. The van der Waals surface area contributed by atoms with Crippen LogP contribution in [-0.4, -0.2) is 26.6 Å². The summed E-state index contributed by atoms with van der Waals surface area (Å²) in [5, 5.41) is 3.59. The number of hydrogen-bond donors (Lipinski definition) is 1. The third-order valence-corrected chi connectivity index (χ3v) is 5.49. The predicted octanol–water partition coefficient (Wildman–Crippen LogP) is 2.35. The van der Waals surface area contributed by atoms with E-state index in [1.807, 2.05) is 13.0 Å². The van der Waals surface area contributed by atoms with Crippen LogP contribution in [0.1, 0.15) is 33.6 Å². The third kappa shape index (κ3) is 3.80. The van der Waals surface area contributed by atoms with E-state index >= 15 is 0 Å². The lowest BCUT2D eigenvalue weighted by Gasteiger charge is -2.12. The van der Waals surface area contributed by atoms with Crippen LogP contribution >= 0.6 is 11.3 Å². The molecule has 8 heteroatoms. The van der Waals surface area contributed by atoms with E-state index in [9.17, 15) is 14.4 Å². The first-order valence-corrected chi connectivity index (χ1v) is 10.0. The van der Waals surface area contributed by atoms with Crippen molar-refractivity contribution in [2.45, 2.75) is 46.7 Å². The number of pyridine rings is 1. The molecular formula is C19H24N4O3S. The third-order valence-electron chi connectivity index (χ3n) is 4.40. The summed E-state index contributed by atoms with van der Waals surface area (Å²) >= 11 is 1.26. The Bertz CT molecular complexity index is 1090. The first-order valence-electron chi connectivity index (χ1n) is 9.21. The van der Waals surface area contributed by atoms with E-state index in [1.165, 1.54) is 20.5 Å². The van der Waals surface area contributed by atoms with E-state index in [1.54, 1.807) is 12.3 Å². The molecule has 3 aromatic rings. The fourth-order valence-electron chi connectivity index (χ4n) is 3.05. The number of fused-ring (bicyclic) bond motifs is 3. The Morgan fingerprint density at radius 2 is 2.07 bits per heavy atom. The van der Waals surface area contributed by atoms with Gasteiger partial charge in [0, 0.05) is 24.7 Å². The van der Waals surface area contributed by atoms with Crippen LogP contribution in [0.4, 0.5) is 0 Å². The van der Waals surface area contributed by atoms with Crippen LogP contribution in [0, 0.1) is 5.92 Å². The number of carbonyl (C=O) groups is 1. The molecule has 0 saturated carbocycles. The second-order valence-electron chi connectivity index (χ2n) is 6.99. The van der Waals surface area contributed by atoms with Crippen molar-refractivity contribution in [2.75, 3.05) is 6.54 Å². The Kier molecular flexibility index (Phi) is 5.74. The zero-order valence-corrected chi connectivity index (χ0v) is 16.6. The van der Waals surface area contributed by atoms with Crippen LogP contribution in [0.2, 0.25) is 0 Å². The maximum Gasteiger partial charge on any atom is 0.332 e. The lowest BCUT2D eigenvalue weighted by molar-refractivity contribution is -0.121. The van der Waals surface area contributed by atoms with Gasteiger partial charge in [-0.1, -0.05) is 20.8 Å². The molecule has 0 spiro atoms. The first-order chi connectivity index (χ1) is 12.9. The van der Waals surface area contributed by atoms with Gasteiger partial charge in [0.2, 0.25) is 5.91 Å².